The Morgan fingerprint density at radius 1 is 1.35 bits per heavy atom. The molecule has 1 N–H and O–H groups in total. The van der Waals surface area contributed by atoms with E-state index in [2.05, 4.69) is 26.1 Å². The zero-order valence-corrected chi connectivity index (χ0v) is 12.9. The van der Waals surface area contributed by atoms with Gasteiger partial charge in [0.2, 0.25) is 0 Å². The normalized spacial score (nSPS) is 19.1. The Balaban J connectivity index is 2.02. The number of likely N-dealkylation sites (tertiary alicyclic amines) is 1. The van der Waals surface area contributed by atoms with Crippen molar-refractivity contribution in [2.45, 2.75) is 46.1 Å². The number of carbonyl (C=O) groups is 1. The first kappa shape index (κ1) is 15.0. The Bertz CT molecular complexity index is 470. The lowest BCUT2D eigenvalue weighted by Crippen LogP contribution is -2.48. The SMILES string of the molecule is CCCNC1CCCN(C(=O)c2ccc(C)c(C)c2)C1. The van der Waals surface area contributed by atoms with Crippen LogP contribution in [-0.2, 0) is 0 Å². The molecule has 1 aromatic carbocycles. The first-order valence-electron chi connectivity index (χ1n) is 7.71. The number of carbonyl (C=O) groups excluding carboxylic acids is 1. The molecule has 3 heteroatoms. The maximum atomic E-state index is 12.6. The number of piperidine rings is 1. The molecule has 1 fully saturated rings. The average Bonchev–Trinajstić information content (AvgIpc) is 2.47. The summed E-state index contributed by atoms with van der Waals surface area (Å²) in [5.74, 6) is 0.177. The maximum Gasteiger partial charge on any atom is 0.253 e. The van der Waals surface area contributed by atoms with Crippen molar-refractivity contribution in [1.29, 1.82) is 0 Å². The van der Waals surface area contributed by atoms with Gasteiger partial charge in [-0.05, 0) is 62.9 Å². The first-order chi connectivity index (χ1) is 9.61. The molecule has 0 bridgehead atoms. The zero-order chi connectivity index (χ0) is 14.5. The third kappa shape index (κ3) is 3.60. The van der Waals surface area contributed by atoms with Crippen molar-refractivity contribution >= 4 is 5.91 Å². The van der Waals surface area contributed by atoms with E-state index in [1.54, 1.807) is 0 Å². The van der Waals surface area contributed by atoms with Gasteiger partial charge in [0.25, 0.3) is 5.91 Å². The molecule has 0 aromatic heterocycles. The topological polar surface area (TPSA) is 32.3 Å². The molecule has 1 atom stereocenters. The van der Waals surface area contributed by atoms with Crippen LogP contribution in [0, 0.1) is 13.8 Å². The third-order valence-electron chi connectivity index (χ3n) is 4.15. The minimum absolute atomic E-state index is 0.177. The fourth-order valence-corrected chi connectivity index (χ4v) is 2.73. The minimum atomic E-state index is 0.177. The lowest BCUT2D eigenvalue weighted by molar-refractivity contribution is 0.0695. The number of aryl methyl sites for hydroxylation is 2. The van der Waals surface area contributed by atoms with E-state index in [1.165, 1.54) is 17.5 Å². The van der Waals surface area contributed by atoms with Crippen molar-refractivity contribution in [3.63, 3.8) is 0 Å². The number of hydrogen-bond acceptors (Lipinski definition) is 2. The van der Waals surface area contributed by atoms with E-state index in [0.717, 1.165) is 38.0 Å². The van der Waals surface area contributed by atoms with Gasteiger partial charge < -0.3 is 10.2 Å². The van der Waals surface area contributed by atoms with E-state index >= 15 is 0 Å². The molecule has 1 saturated heterocycles. The van der Waals surface area contributed by atoms with E-state index in [9.17, 15) is 4.79 Å². The Kier molecular flexibility index (Phi) is 5.18. The van der Waals surface area contributed by atoms with Gasteiger partial charge in [-0.2, -0.15) is 0 Å². The second kappa shape index (κ2) is 6.89. The summed E-state index contributed by atoms with van der Waals surface area (Å²) in [4.78, 5) is 14.6. The van der Waals surface area contributed by atoms with Crippen molar-refractivity contribution in [3.8, 4) is 0 Å². The molecule has 1 aliphatic heterocycles. The highest BCUT2D eigenvalue weighted by Gasteiger charge is 2.24. The van der Waals surface area contributed by atoms with E-state index in [0.29, 0.717) is 6.04 Å². The van der Waals surface area contributed by atoms with Crippen LogP contribution in [-0.4, -0.2) is 36.5 Å². The molecule has 1 aromatic rings. The molecule has 1 aliphatic rings. The molecule has 0 radical (unpaired) electrons. The van der Waals surface area contributed by atoms with Gasteiger partial charge in [-0.1, -0.05) is 13.0 Å². The molecule has 3 nitrogen and oxygen atoms in total. The molecule has 1 amide bonds. The number of hydrogen-bond donors (Lipinski definition) is 1. The van der Waals surface area contributed by atoms with E-state index in [4.69, 9.17) is 0 Å². The zero-order valence-electron chi connectivity index (χ0n) is 12.9. The van der Waals surface area contributed by atoms with E-state index in [-0.39, 0.29) is 5.91 Å². The summed E-state index contributed by atoms with van der Waals surface area (Å²) in [7, 11) is 0. The molecule has 2 rings (SSSR count). The van der Waals surface area contributed by atoms with Crippen LogP contribution < -0.4 is 5.32 Å². The molecule has 0 saturated carbocycles. The quantitative estimate of drug-likeness (QED) is 0.915. The number of nitrogens with zero attached hydrogens (tertiary/aromatic N) is 1. The van der Waals surface area contributed by atoms with Crippen molar-refractivity contribution in [1.82, 2.24) is 10.2 Å². The number of nitrogens with one attached hydrogen (secondary N) is 1. The predicted molar refractivity (Wildman–Crippen MR) is 83.1 cm³/mol. The average molecular weight is 274 g/mol. The van der Waals surface area contributed by atoms with Crippen molar-refractivity contribution in [2.24, 2.45) is 0 Å². The van der Waals surface area contributed by atoms with Crippen molar-refractivity contribution in [3.05, 3.63) is 34.9 Å². The Morgan fingerprint density at radius 2 is 2.15 bits per heavy atom. The molecule has 20 heavy (non-hydrogen) atoms. The standard InChI is InChI=1S/C17H26N2O/c1-4-9-18-16-6-5-10-19(12-16)17(20)15-8-7-13(2)14(3)11-15/h7-8,11,16,18H,4-6,9-10,12H2,1-3H3. The van der Waals surface area contributed by atoms with Gasteiger partial charge in [-0.25, -0.2) is 0 Å². The van der Waals surface area contributed by atoms with E-state index in [1.807, 2.05) is 23.1 Å². The summed E-state index contributed by atoms with van der Waals surface area (Å²) < 4.78 is 0. The predicted octanol–water partition coefficient (Wildman–Crippen LogP) is 2.91. The Morgan fingerprint density at radius 3 is 2.85 bits per heavy atom. The summed E-state index contributed by atoms with van der Waals surface area (Å²) in [6.07, 6.45) is 3.41. The smallest absolute Gasteiger partial charge is 0.253 e. The fourth-order valence-electron chi connectivity index (χ4n) is 2.73. The van der Waals surface area contributed by atoms with Gasteiger partial charge in [0.05, 0.1) is 0 Å². The van der Waals surface area contributed by atoms with Gasteiger partial charge in [0.15, 0.2) is 0 Å². The Labute approximate surface area is 122 Å². The van der Waals surface area contributed by atoms with Crippen LogP contribution in [0.15, 0.2) is 18.2 Å². The molecule has 0 aliphatic carbocycles. The second-order valence-corrected chi connectivity index (χ2v) is 5.84. The van der Waals surface area contributed by atoms with Crippen LogP contribution >= 0.6 is 0 Å². The second-order valence-electron chi connectivity index (χ2n) is 5.84. The van der Waals surface area contributed by atoms with Gasteiger partial charge in [0, 0.05) is 24.7 Å². The maximum absolute atomic E-state index is 12.6. The lowest BCUT2D eigenvalue weighted by Gasteiger charge is -2.33. The number of amides is 1. The summed E-state index contributed by atoms with van der Waals surface area (Å²) in [5, 5.41) is 3.53. The van der Waals surface area contributed by atoms with Crippen molar-refractivity contribution < 1.29 is 4.79 Å². The van der Waals surface area contributed by atoms with Crippen molar-refractivity contribution in [2.75, 3.05) is 19.6 Å². The highest BCUT2D eigenvalue weighted by atomic mass is 16.2. The molecule has 1 unspecified atom stereocenters. The third-order valence-corrected chi connectivity index (χ3v) is 4.15. The van der Waals surface area contributed by atoms with Crippen LogP contribution in [0.3, 0.4) is 0 Å². The number of rotatable bonds is 4. The fraction of sp³-hybridized carbons (Fsp3) is 0.588. The monoisotopic (exact) mass is 274 g/mol. The molecule has 110 valence electrons. The van der Waals surface area contributed by atoms with Crippen LogP contribution in [0.1, 0.15) is 47.7 Å². The highest BCUT2D eigenvalue weighted by molar-refractivity contribution is 5.94. The first-order valence-corrected chi connectivity index (χ1v) is 7.71. The molecular weight excluding hydrogens is 248 g/mol. The van der Waals surface area contributed by atoms with Crippen LogP contribution in [0.2, 0.25) is 0 Å². The highest BCUT2D eigenvalue weighted by Crippen LogP contribution is 2.16. The van der Waals surface area contributed by atoms with Gasteiger partial charge in [-0.15, -0.1) is 0 Å². The summed E-state index contributed by atoms with van der Waals surface area (Å²) in [6, 6.07) is 6.47. The van der Waals surface area contributed by atoms with E-state index < -0.39 is 0 Å². The molecule has 1 heterocycles. The summed E-state index contributed by atoms with van der Waals surface area (Å²) in [5.41, 5.74) is 3.25. The Hall–Kier alpha value is -1.35. The van der Waals surface area contributed by atoms with Crippen LogP contribution in [0.4, 0.5) is 0 Å². The van der Waals surface area contributed by atoms with Crippen LogP contribution in [0.5, 0.6) is 0 Å². The summed E-state index contributed by atoms with van der Waals surface area (Å²) in [6.45, 7) is 9.08. The number of benzene rings is 1. The van der Waals surface area contributed by atoms with Crippen LogP contribution in [0.25, 0.3) is 0 Å². The minimum Gasteiger partial charge on any atom is -0.337 e. The molecule has 0 spiro atoms. The van der Waals surface area contributed by atoms with Gasteiger partial charge in [0.1, 0.15) is 0 Å². The molecular formula is C17H26N2O. The summed E-state index contributed by atoms with van der Waals surface area (Å²) >= 11 is 0. The van der Waals surface area contributed by atoms with Gasteiger partial charge in [-0.3, -0.25) is 4.79 Å². The van der Waals surface area contributed by atoms with Gasteiger partial charge >= 0.3 is 0 Å². The lowest BCUT2D eigenvalue weighted by atomic mass is 10.0. The largest absolute Gasteiger partial charge is 0.337 e.